The molecule has 0 aliphatic carbocycles. The van der Waals surface area contributed by atoms with Gasteiger partial charge in [-0.1, -0.05) is 127 Å². The van der Waals surface area contributed by atoms with Crippen molar-refractivity contribution in [1.29, 1.82) is 0 Å². The van der Waals surface area contributed by atoms with Gasteiger partial charge in [0.05, 0.1) is 63.3 Å². The summed E-state index contributed by atoms with van der Waals surface area (Å²) in [7, 11) is 0. The summed E-state index contributed by atoms with van der Waals surface area (Å²) in [6.45, 7) is 0. The molecule has 0 aliphatic heterocycles. The number of rotatable bonds is 4. The number of benzene rings is 8. The van der Waals surface area contributed by atoms with E-state index in [4.69, 9.17) is 17.8 Å². The standard InChI is InChI=1S/C48H31N3/c1-2-12-32(13-3-1)33-22-24-34(25-23-33)49-43-18-8-6-16-39(43)41-29-27-36(31-47(41)49)51-46-21-11-7-17-40(46)42-28-26-35(30-48(42)51)50-44-19-9-4-14-37(44)38-15-5-10-20-45(38)50/h1-31H/i4D,5D,6D,7D,8D,9D,10D,11D,14D,15D,16D,17D,18D,19D,20D,21D,26D,27D,28D,29D,30D,31D. The highest BCUT2D eigenvalue weighted by Crippen LogP contribution is 2.39. The van der Waals surface area contributed by atoms with Gasteiger partial charge in [0, 0.05) is 49.4 Å². The van der Waals surface area contributed by atoms with E-state index in [-0.39, 0.29) is 27.5 Å². The van der Waals surface area contributed by atoms with E-state index >= 15 is 0 Å². The van der Waals surface area contributed by atoms with Crippen LogP contribution in [0.25, 0.3) is 93.6 Å². The molecule has 0 unspecified atom stereocenters. The second-order valence-corrected chi connectivity index (χ2v) is 11.7. The predicted octanol–water partition coefficient (Wildman–Crippen LogP) is 12.6. The van der Waals surface area contributed by atoms with Crippen LogP contribution in [0.4, 0.5) is 0 Å². The summed E-state index contributed by atoms with van der Waals surface area (Å²) >= 11 is 0. The minimum absolute atomic E-state index is 0.174. The van der Waals surface area contributed by atoms with E-state index < -0.39 is 188 Å². The van der Waals surface area contributed by atoms with Crippen LogP contribution >= 0.6 is 0 Å². The van der Waals surface area contributed by atoms with Crippen molar-refractivity contribution in [3.63, 3.8) is 0 Å². The third-order valence-corrected chi connectivity index (χ3v) is 9.00. The first-order chi connectivity index (χ1) is 34.5. The molecule has 11 rings (SSSR count). The van der Waals surface area contributed by atoms with E-state index in [1.54, 1.807) is 24.3 Å². The topological polar surface area (TPSA) is 14.8 Å². The first-order valence-electron chi connectivity index (χ1n) is 26.7. The highest BCUT2D eigenvalue weighted by atomic mass is 15.0. The van der Waals surface area contributed by atoms with Crippen molar-refractivity contribution in [1.82, 2.24) is 13.7 Å². The molecule has 0 atom stereocenters. The van der Waals surface area contributed by atoms with Gasteiger partial charge in [-0.2, -0.15) is 0 Å². The lowest BCUT2D eigenvalue weighted by Crippen LogP contribution is -1.98. The summed E-state index contributed by atoms with van der Waals surface area (Å²) in [5, 5.41) is -2.23. The Morgan fingerprint density at radius 3 is 1.10 bits per heavy atom. The van der Waals surface area contributed by atoms with Gasteiger partial charge in [-0.25, -0.2) is 0 Å². The van der Waals surface area contributed by atoms with Crippen LogP contribution in [0.3, 0.4) is 0 Å². The molecule has 3 heteroatoms. The maximum atomic E-state index is 10.2. The molecule has 0 spiro atoms. The van der Waals surface area contributed by atoms with Crippen LogP contribution in [-0.2, 0) is 0 Å². The van der Waals surface area contributed by atoms with Crippen molar-refractivity contribution < 1.29 is 30.2 Å². The van der Waals surface area contributed by atoms with Gasteiger partial charge >= 0.3 is 0 Å². The fourth-order valence-corrected chi connectivity index (χ4v) is 6.79. The average Bonchev–Trinajstić information content (AvgIpc) is 4.05. The molecule has 0 aliphatic rings. The fraction of sp³-hybridized carbons (Fsp3) is 0. The monoisotopic (exact) mass is 671 g/mol. The second-order valence-electron chi connectivity index (χ2n) is 11.7. The molecule has 3 nitrogen and oxygen atoms in total. The summed E-state index contributed by atoms with van der Waals surface area (Å²) in [6, 6.07) is -0.720. The summed E-state index contributed by atoms with van der Waals surface area (Å²) in [4.78, 5) is 0. The Morgan fingerprint density at radius 1 is 0.294 bits per heavy atom. The van der Waals surface area contributed by atoms with E-state index in [2.05, 4.69) is 0 Å². The van der Waals surface area contributed by atoms with Crippen LogP contribution in [0.1, 0.15) is 30.2 Å². The van der Waals surface area contributed by atoms with Crippen LogP contribution < -0.4 is 0 Å². The van der Waals surface area contributed by atoms with Crippen molar-refractivity contribution in [3.8, 4) is 28.2 Å². The lowest BCUT2D eigenvalue weighted by molar-refractivity contribution is 1.14. The zero-order valence-electron chi connectivity index (χ0n) is 48.0. The second kappa shape index (κ2) is 10.8. The number of hydrogen-bond donors (Lipinski definition) is 0. The van der Waals surface area contributed by atoms with Gasteiger partial charge in [-0.15, -0.1) is 0 Å². The maximum Gasteiger partial charge on any atom is 0.0667 e. The van der Waals surface area contributed by atoms with Gasteiger partial charge in [-0.3, -0.25) is 0 Å². The number of hydrogen-bond acceptors (Lipinski definition) is 0. The third kappa shape index (κ3) is 4.12. The lowest BCUT2D eigenvalue weighted by atomic mass is 10.1. The van der Waals surface area contributed by atoms with Crippen LogP contribution in [0, 0.1) is 0 Å². The minimum atomic E-state index is -0.890. The van der Waals surface area contributed by atoms with Crippen molar-refractivity contribution in [3.05, 3.63) is 188 Å². The predicted molar refractivity (Wildman–Crippen MR) is 215 cm³/mol. The van der Waals surface area contributed by atoms with Gasteiger partial charge < -0.3 is 13.7 Å². The van der Waals surface area contributed by atoms with Gasteiger partial charge in [0.15, 0.2) is 0 Å². The van der Waals surface area contributed by atoms with Crippen LogP contribution in [-0.4, -0.2) is 13.7 Å². The molecule has 11 aromatic rings. The number of fused-ring (bicyclic) bond motifs is 9. The molecule has 0 amide bonds. The Morgan fingerprint density at radius 2 is 0.647 bits per heavy atom. The fourth-order valence-electron chi connectivity index (χ4n) is 6.79. The molecular formula is C48H31N3. The van der Waals surface area contributed by atoms with E-state index in [0.717, 1.165) is 20.3 Å². The SMILES string of the molecule is [2H]c1c([2H])c([2H])c2c(c1[2H])c1c([2H])c([2H])c(-n3c4c([2H])c([2H])c([2H])c([2H])c4c4c([2H])c([2H])c(-n5c6c([2H])c([2H])c([2H])c([2H])c6c6c([2H])c([2H])c([2H])c([2H])c65)c([2H])c43)c([2H])c1n2-c1ccc(-c2ccccc2)cc1. The molecule has 0 fully saturated rings. The maximum absolute atomic E-state index is 10.2. The van der Waals surface area contributed by atoms with E-state index in [1.807, 2.05) is 30.3 Å². The normalized spacial score (nSPS) is 18.0. The molecule has 8 aromatic carbocycles. The molecule has 3 heterocycles. The summed E-state index contributed by atoms with van der Waals surface area (Å²) in [5.41, 5.74) is -2.08. The van der Waals surface area contributed by atoms with Crippen molar-refractivity contribution in [2.45, 2.75) is 0 Å². The Balaban J connectivity index is 1.39. The molecule has 238 valence electrons. The molecular weight excluding hydrogens is 619 g/mol. The average molecular weight is 672 g/mol. The van der Waals surface area contributed by atoms with Crippen LogP contribution in [0.5, 0.6) is 0 Å². The zero-order valence-corrected chi connectivity index (χ0v) is 26.0. The van der Waals surface area contributed by atoms with E-state index in [1.165, 1.54) is 4.57 Å². The molecule has 3 aromatic heterocycles. The van der Waals surface area contributed by atoms with Crippen LogP contribution in [0.2, 0.25) is 0 Å². The number of para-hydroxylation sites is 4. The largest absolute Gasteiger partial charge is 0.309 e. The van der Waals surface area contributed by atoms with E-state index in [9.17, 15) is 12.3 Å². The number of nitrogens with zero attached hydrogens (tertiary/aromatic N) is 3. The number of aromatic nitrogens is 3. The van der Waals surface area contributed by atoms with Crippen LogP contribution in [0.15, 0.2) is 188 Å². The van der Waals surface area contributed by atoms with Gasteiger partial charge in [0.2, 0.25) is 0 Å². The molecule has 0 radical (unpaired) electrons. The Hall–Kier alpha value is -6.84. The first kappa shape index (κ1) is 14.2. The first-order valence-corrected chi connectivity index (χ1v) is 15.7. The highest BCUT2D eigenvalue weighted by molar-refractivity contribution is 6.13. The summed E-state index contributed by atoms with van der Waals surface area (Å²) < 4.78 is 204. The Kier molecular flexibility index (Phi) is 3.01. The van der Waals surface area contributed by atoms with Gasteiger partial charge in [0.25, 0.3) is 0 Å². The summed E-state index contributed by atoms with van der Waals surface area (Å²) in [6.07, 6.45) is 0. The highest BCUT2D eigenvalue weighted by Gasteiger charge is 2.18. The summed E-state index contributed by atoms with van der Waals surface area (Å²) in [5.74, 6) is 0. The zero-order chi connectivity index (χ0) is 52.6. The Labute approximate surface area is 325 Å². The Bertz CT molecular complexity index is 4310. The molecule has 51 heavy (non-hydrogen) atoms. The molecule has 0 saturated heterocycles. The minimum Gasteiger partial charge on any atom is -0.309 e. The molecule has 0 saturated carbocycles. The smallest absolute Gasteiger partial charge is 0.0667 e. The van der Waals surface area contributed by atoms with Crippen molar-refractivity contribution in [2.75, 3.05) is 0 Å². The van der Waals surface area contributed by atoms with E-state index in [0.29, 0.717) is 0 Å². The van der Waals surface area contributed by atoms with Gasteiger partial charge in [0.1, 0.15) is 0 Å². The molecule has 0 N–H and O–H groups in total. The third-order valence-electron chi connectivity index (χ3n) is 9.00. The quantitative estimate of drug-likeness (QED) is 0.177. The van der Waals surface area contributed by atoms with Gasteiger partial charge in [-0.05, 0) is 71.6 Å². The van der Waals surface area contributed by atoms with Crippen molar-refractivity contribution in [2.24, 2.45) is 0 Å². The molecule has 0 bridgehead atoms. The van der Waals surface area contributed by atoms with Crippen molar-refractivity contribution >= 4 is 65.4 Å². The lowest BCUT2D eigenvalue weighted by Gasteiger charge is -2.13.